The Morgan fingerprint density at radius 2 is 1.16 bits per heavy atom. The molecule has 0 bridgehead atoms. The number of aliphatic hydroxyl groups excluding tert-OH is 1. The standard InChI is InChI=1S/C15H38O4Si3.3CH4/c1-8-9-14-20(2,3)18-22(6,7)19-21(4,5)15-10-12-17-13-11-16;;;/h16H,8-15H2,1-7H3;3*1H4. The van der Waals surface area contributed by atoms with E-state index in [1.54, 1.807) is 0 Å². The zero-order valence-electron chi connectivity index (χ0n) is 15.8. The van der Waals surface area contributed by atoms with Crippen LogP contribution in [0.2, 0.25) is 51.4 Å². The second-order valence-electron chi connectivity index (χ2n) is 7.67. The Labute approximate surface area is 163 Å². The van der Waals surface area contributed by atoms with Crippen LogP contribution in [0.25, 0.3) is 0 Å². The van der Waals surface area contributed by atoms with Crippen molar-refractivity contribution in [1.82, 2.24) is 0 Å². The van der Waals surface area contributed by atoms with E-state index in [1.807, 2.05) is 0 Å². The van der Waals surface area contributed by atoms with Crippen molar-refractivity contribution in [2.75, 3.05) is 19.8 Å². The van der Waals surface area contributed by atoms with Crippen molar-refractivity contribution in [2.24, 2.45) is 0 Å². The highest BCUT2D eigenvalue weighted by atomic mass is 28.5. The maximum Gasteiger partial charge on any atom is 0.311 e. The normalized spacial score (nSPS) is 12.0. The Morgan fingerprint density at radius 3 is 1.56 bits per heavy atom. The maximum atomic E-state index is 8.70. The van der Waals surface area contributed by atoms with Crippen LogP contribution < -0.4 is 0 Å². The molecule has 0 fully saturated rings. The predicted octanol–water partition coefficient (Wildman–Crippen LogP) is 6.24. The van der Waals surface area contributed by atoms with Gasteiger partial charge in [-0.15, -0.1) is 0 Å². The van der Waals surface area contributed by atoms with Crippen molar-refractivity contribution in [3.63, 3.8) is 0 Å². The lowest BCUT2D eigenvalue weighted by Gasteiger charge is -2.38. The fraction of sp³-hybridized carbons (Fsp3) is 1.00. The zero-order valence-corrected chi connectivity index (χ0v) is 18.8. The fourth-order valence-electron chi connectivity index (χ4n) is 2.82. The third-order valence-corrected chi connectivity index (χ3v) is 14.9. The number of ether oxygens (including phenoxy) is 1. The molecule has 158 valence electrons. The van der Waals surface area contributed by atoms with Crippen molar-refractivity contribution in [3.8, 4) is 0 Å². The molecule has 0 radical (unpaired) electrons. The van der Waals surface area contributed by atoms with Crippen LogP contribution in [0.4, 0.5) is 0 Å². The number of hydrogen-bond acceptors (Lipinski definition) is 4. The summed E-state index contributed by atoms with van der Waals surface area (Å²) >= 11 is 0. The summed E-state index contributed by atoms with van der Waals surface area (Å²) in [6, 6.07) is 2.30. The first kappa shape index (κ1) is 33.1. The highest BCUT2D eigenvalue weighted by Crippen LogP contribution is 2.26. The lowest BCUT2D eigenvalue weighted by Crippen LogP contribution is -2.52. The molecule has 0 amide bonds. The molecule has 0 aliphatic rings. The summed E-state index contributed by atoms with van der Waals surface area (Å²) in [4.78, 5) is 0. The topological polar surface area (TPSA) is 47.9 Å². The van der Waals surface area contributed by atoms with Gasteiger partial charge in [-0.25, -0.2) is 0 Å². The van der Waals surface area contributed by atoms with E-state index in [0.717, 1.165) is 12.5 Å². The summed E-state index contributed by atoms with van der Waals surface area (Å²) in [5.41, 5.74) is 0. The molecule has 0 heterocycles. The molecule has 4 nitrogen and oxygen atoms in total. The third kappa shape index (κ3) is 19.1. The molecule has 1 N–H and O–H groups in total. The number of aliphatic hydroxyl groups is 1. The third-order valence-electron chi connectivity index (χ3n) is 3.48. The van der Waals surface area contributed by atoms with Gasteiger partial charge in [-0.2, -0.15) is 0 Å². The average molecular weight is 415 g/mol. The SMILES string of the molecule is C.C.C.CCCC[Si](C)(C)O[Si](C)(C)O[Si](C)(C)CCCOCCO. The molecule has 0 aliphatic carbocycles. The van der Waals surface area contributed by atoms with Crippen LogP contribution >= 0.6 is 0 Å². The molecule has 0 aromatic heterocycles. The van der Waals surface area contributed by atoms with Crippen LogP contribution in [0.15, 0.2) is 0 Å². The second kappa shape index (κ2) is 15.5. The molecular weight excluding hydrogens is 364 g/mol. The van der Waals surface area contributed by atoms with E-state index in [1.165, 1.54) is 18.9 Å². The minimum Gasteiger partial charge on any atom is -0.437 e. The van der Waals surface area contributed by atoms with E-state index in [0.29, 0.717) is 13.2 Å². The molecule has 0 aliphatic heterocycles. The minimum absolute atomic E-state index is 0. The Bertz CT molecular complexity index is 298. The van der Waals surface area contributed by atoms with Crippen LogP contribution in [0.5, 0.6) is 0 Å². The van der Waals surface area contributed by atoms with Crippen LogP contribution in [-0.4, -0.2) is 50.1 Å². The maximum absolute atomic E-state index is 8.70. The number of rotatable bonds is 13. The second-order valence-corrected chi connectivity index (χ2v) is 20.1. The summed E-state index contributed by atoms with van der Waals surface area (Å²) in [5.74, 6) is 0. The summed E-state index contributed by atoms with van der Waals surface area (Å²) < 4.78 is 18.4. The van der Waals surface area contributed by atoms with Crippen molar-refractivity contribution < 1.29 is 18.1 Å². The van der Waals surface area contributed by atoms with Gasteiger partial charge in [0.15, 0.2) is 16.6 Å². The molecule has 25 heavy (non-hydrogen) atoms. The smallest absolute Gasteiger partial charge is 0.311 e. The molecule has 0 rings (SSSR count). The molecule has 0 unspecified atom stereocenters. The Balaban J connectivity index is -0.000000735. The van der Waals surface area contributed by atoms with Crippen molar-refractivity contribution in [1.29, 1.82) is 0 Å². The molecule has 0 aromatic rings. The van der Waals surface area contributed by atoms with Gasteiger partial charge in [0, 0.05) is 6.61 Å². The first-order valence-corrected chi connectivity index (χ1v) is 17.7. The Hall–Kier alpha value is 0.491. The zero-order chi connectivity index (χ0) is 17.3. The van der Waals surface area contributed by atoms with Crippen LogP contribution in [0.1, 0.15) is 48.5 Å². The number of unbranched alkanes of at least 4 members (excludes halogenated alkanes) is 1. The quantitative estimate of drug-likeness (QED) is 0.286. The van der Waals surface area contributed by atoms with E-state index in [-0.39, 0.29) is 28.9 Å². The molecule has 7 heteroatoms. The molecule has 0 spiro atoms. The van der Waals surface area contributed by atoms with Crippen LogP contribution in [0, 0.1) is 0 Å². The Kier molecular flexibility index (Phi) is 20.6. The van der Waals surface area contributed by atoms with Gasteiger partial charge in [0.2, 0.25) is 0 Å². The average Bonchev–Trinajstić information content (AvgIpc) is 2.33. The molecule has 0 saturated heterocycles. The van der Waals surface area contributed by atoms with E-state index in [4.69, 9.17) is 18.1 Å². The highest BCUT2D eigenvalue weighted by molar-refractivity contribution is 6.87. The van der Waals surface area contributed by atoms with Crippen molar-refractivity contribution in [2.45, 2.75) is 99.8 Å². The summed E-state index contributed by atoms with van der Waals surface area (Å²) in [6.45, 7) is 17.1. The van der Waals surface area contributed by atoms with Crippen LogP contribution in [0.3, 0.4) is 0 Å². The van der Waals surface area contributed by atoms with Gasteiger partial charge in [0.1, 0.15) is 0 Å². The van der Waals surface area contributed by atoms with Gasteiger partial charge in [-0.1, -0.05) is 42.0 Å². The van der Waals surface area contributed by atoms with E-state index in [9.17, 15) is 0 Å². The van der Waals surface area contributed by atoms with Gasteiger partial charge in [0.25, 0.3) is 0 Å². The first-order valence-electron chi connectivity index (χ1n) is 8.62. The van der Waals surface area contributed by atoms with Crippen LogP contribution in [-0.2, 0) is 13.0 Å². The lowest BCUT2D eigenvalue weighted by atomic mass is 10.4. The van der Waals surface area contributed by atoms with E-state index >= 15 is 0 Å². The largest absolute Gasteiger partial charge is 0.437 e. The summed E-state index contributed by atoms with van der Waals surface area (Å²) in [7, 11) is -5.37. The Morgan fingerprint density at radius 1 is 0.720 bits per heavy atom. The van der Waals surface area contributed by atoms with E-state index in [2.05, 4.69) is 46.2 Å². The summed E-state index contributed by atoms with van der Waals surface area (Å²) in [5, 5.41) is 8.70. The fourth-order valence-corrected chi connectivity index (χ4v) is 17.0. The van der Waals surface area contributed by atoms with Gasteiger partial charge in [0.05, 0.1) is 13.2 Å². The van der Waals surface area contributed by atoms with Gasteiger partial charge >= 0.3 is 8.56 Å². The molecular formula is C18H50O4Si3. The van der Waals surface area contributed by atoms with Gasteiger partial charge < -0.3 is 18.1 Å². The monoisotopic (exact) mass is 414 g/mol. The number of hydrogen-bond donors (Lipinski definition) is 1. The molecule has 0 saturated carbocycles. The van der Waals surface area contributed by atoms with Gasteiger partial charge in [-0.05, 0) is 57.8 Å². The molecule has 0 atom stereocenters. The van der Waals surface area contributed by atoms with Gasteiger partial charge in [-0.3, -0.25) is 0 Å². The van der Waals surface area contributed by atoms with E-state index < -0.39 is 25.2 Å². The van der Waals surface area contributed by atoms with Crippen molar-refractivity contribution in [3.05, 3.63) is 0 Å². The predicted molar refractivity (Wildman–Crippen MR) is 122 cm³/mol. The molecule has 0 aromatic carbocycles. The van der Waals surface area contributed by atoms with Crippen molar-refractivity contribution >= 4 is 25.2 Å². The highest BCUT2D eigenvalue weighted by Gasteiger charge is 2.39. The lowest BCUT2D eigenvalue weighted by molar-refractivity contribution is 0.0923. The minimum atomic E-state index is -2.06. The summed E-state index contributed by atoms with van der Waals surface area (Å²) in [6.07, 6.45) is 3.49. The first-order chi connectivity index (χ1) is 10.0.